The molecule has 2 amide bonds. The zero-order valence-electron chi connectivity index (χ0n) is 16.6. The van der Waals surface area contributed by atoms with Gasteiger partial charge < -0.3 is 20.1 Å². The Kier molecular flexibility index (Phi) is 8.27. The highest BCUT2D eigenvalue weighted by atomic mass is 35.5. The average molecular weight is 423 g/mol. The van der Waals surface area contributed by atoms with Crippen LogP contribution in [0.4, 0.5) is 4.39 Å². The van der Waals surface area contributed by atoms with Gasteiger partial charge in [0, 0.05) is 5.56 Å². The lowest BCUT2D eigenvalue weighted by atomic mass is 10.1. The predicted octanol–water partition coefficient (Wildman–Crippen LogP) is 3.88. The number of halogens is 2. The molecule has 8 heteroatoms. The first-order valence-corrected chi connectivity index (χ1v) is 9.65. The molecule has 0 aromatic heterocycles. The van der Waals surface area contributed by atoms with Gasteiger partial charge in [0.1, 0.15) is 5.82 Å². The minimum atomic E-state index is -0.525. The lowest BCUT2D eigenvalue weighted by molar-refractivity contribution is -0.120. The second-order valence-corrected chi connectivity index (χ2v) is 6.58. The van der Waals surface area contributed by atoms with Gasteiger partial charge in [0.15, 0.2) is 11.5 Å². The molecule has 0 aliphatic rings. The van der Waals surface area contributed by atoms with Crippen molar-refractivity contribution < 1.29 is 23.5 Å². The smallest absolute Gasteiger partial charge is 0.251 e. The second kappa shape index (κ2) is 10.7. The molecule has 2 aromatic carbocycles. The Morgan fingerprint density at radius 1 is 1.07 bits per heavy atom. The maximum Gasteiger partial charge on any atom is 0.251 e. The van der Waals surface area contributed by atoms with E-state index in [1.165, 1.54) is 12.1 Å². The number of nitrogens with one attached hydrogen (secondary N) is 2. The molecule has 6 nitrogen and oxygen atoms in total. The highest BCUT2D eigenvalue weighted by Gasteiger charge is 2.15. The summed E-state index contributed by atoms with van der Waals surface area (Å²) in [5.41, 5.74) is 1.01. The zero-order chi connectivity index (χ0) is 21.4. The summed E-state index contributed by atoms with van der Waals surface area (Å²) in [5.74, 6) is -0.310. The molecular weight excluding hydrogens is 399 g/mol. The van der Waals surface area contributed by atoms with E-state index in [1.807, 2.05) is 13.8 Å². The first-order chi connectivity index (χ1) is 13.8. The van der Waals surface area contributed by atoms with E-state index in [0.29, 0.717) is 35.8 Å². The molecule has 0 spiro atoms. The molecule has 156 valence electrons. The molecule has 0 bridgehead atoms. The van der Waals surface area contributed by atoms with Gasteiger partial charge in [-0.3, -0.25) is 9.59 Å². The van der Waals surface area contributed by atoms with Gasteiger partial charge in [-0.2, -0.15) is 0 Å². The fourth-order valence-corrected chi connectivity index (χ4v) is 2.80. The molecule has 0 saturated heterocycles. The molecule has 0 saturated carbocycles. The highest BCUT2D eigenvalue weighted by Crippen LogP contribution is 2.28. The van der Waals surface area contributed by atoms with Crippen molar-refractivity contribution in [2.24, 2.45) is 0 Å². The van der Waals surface area contributed by atoms with Crippen molar-refractivity contribution in [2.75, 3.05) is 19.8 Å². The van der Waals surface area contributed by atoms with Crippen molar-refractivity contribution in [2.45, 2.75) is 26.8 Å². The standard InChI is InChI=1S/C21H24ClFN2O4/c1-4-28-18-9-7-15(11-19(18)29-5-2)21(27)24-12-20(26)25-13(3)14-6-8-17(23)16(22)10-14/h6-11,13H,4-5,12H2,1-3H3,(H,24,27)(H,25,26). The Bertz CT molecular complexity index is 876. The second-order valence-electron chi connectivity index (χ2n) is 6.17. The Labute approximate surface area is 174 Å². The monoisotopic (exact) mass is 422 g/mol. The van der Waals surface area contributed by atoms with E-state index in [2.05, 4.69) is 10.6 Å². The van der Waals surface area contributed by atoms with Gasteiger partial charge >= 0.3 is 0 Å². The van der Waals surface area contributed by atoms with Crippen LogP contribution in [-0.4, -0.2) is 31.6 Å². The summed E-state index contributed by atoms with van der Waals surface area (Å²) in [7, 11) is 0. The minimum absolute atomic E-state index is 0.0162. The van der Waals surface area contributed by atoms with Crippen molar-refractivity contribution in [1.82, 2.24) is 10.6 Å². The SMILES string of the molecule is CCOc1ccc(C(=O)NCC(=O)NC(C)c2ccc(F)c(Cl)c2)cc1OCC. The van der Waals surface area contributed by atoms with Crippen LogP contribution in [0.25, 0.3) is 0 Å². The van der Waals surface area contributed by atoms with Gasteiger partial charge in [-0.25, -0.2) is 4.39 Å². The highest BCUT2D eigenvalue weighted by molar-refractivity contribution is 6.30. The van der Waals surface area contributed by atoms with Crippen LogP contribution in [0.1, 0.15) is 42.7 Å². The summed E-state index contributed by atoms with van der Waals surface area (Å²) in [4.78, 5) is 24.5. The van der Waals surface area contributed by atoms with Gasteiger partial charge in [0.25, 0.3) is 5.91 Å². The number of hydrogen-bond acceptors (Lipinski definition) is 4. The van der Waals surface area contributed by atoms with Gasteiger partial charge in [-0.05, 0) is 56.7 Å². The fraction of sp³-hybridized carbons (Fsp3) is 0.333. The van der Waals surface area contributed by atoms with Gasteiger partial charge in [0.05, 0.1) is 30.8 Å². The van der Waals surface area contributed by atoms with E-state index in [0.717, 1.165) is 0 Å². The van der Waals surface area contributed by atoms with Gasteiger partial charge in [-0.1, -0.05) is 17.7 Å². The van der Waals surface area contributed by atoms with Crippen molar-refractivity contribution in [1.29, 1.82) is 0 Å². The predicted molar refractivity (Wildman–Crippen MR) is 109 cm³/mol. The van der Waals surface area contributed by atoms with Crippen molar-refractivity contribution in [3.8, 4) is 11.5 Å². The van der Waals surface area contributed by atoms with E-state index in [9.17, 15) is 14.0 Å². The zero-order valence-corrected chi connectivity index (χ0v) is 17.3. The van der Waals surface area contributed by atoms with Crippen LogP contribution in [0.5, 0.6) is 11.5 Å². The third-order valence-corrected chi connectivity index (χ3v) is 4.33. The van der Waals surface area contributed by atoms with Crippen molar-refractivity contribution >= 4 is 23.4 Å². The molecule has 0 fully saturated rings. The van der Waals surface area contributed by atoms with Gasteiger partial charge in [-0.15, -0.1) is 0 Å². The lowest BCUT2D eigenvalue weighted by Gasteiger charge is -2.15. The summed E-state index contributed by atoms with van der Waals surface area (Å²) in [6.45, 7) is 6.12. The van der Waals surface area contributed by atoms with Crippen LogP contribution in [-0.2, 0) is 4.79 Å². The minimum Gasteiger partial charge on any atom is -0.490 e. The van der Waals surface area contributed by atoms with Crippen LogP contribution >= 0.6 is 11.6 Å². The summed E-state index contributed by atoms with van der Waals surface area (Å²) >= 11 is 5.77. The quantitative estimate of drug-likeness (QED) is 0.643. The normalized spacial score (nSPS) is 11.5. The maximum atomic E-state index is 13.3. The molecule has 29 heavy (non-hydrogen) atoms. The molecule has 1 atom stereocenters. The number of benzene rings is 2. The molecule has 1 unspecified atom stereocenters. The largest absolute Gasteiger partial charge is 0.490 e. The molecular formula is C21H24ClFN2O4. The molecule has 0 radical (unpaired) electrons. The number of carbonyl (C=O) groups is 2. The Balaban J connectivity index is 1.94. The maximum absolute atomic E-state index is 13.3. The average Bonchev–Trinajstić information content (AvgIpc) is 2.69. The van der Waals surface area contributed by atoms with E-state index < -0.39 is 17.8 Å². The summed E-state index contributed by atoms with van der Waals surface area (Å²) in [5, 5.41) is 5.28. The third kappa shape index (κ3) is 6.35. The van der Waals surface area contributed by atoms with E-state index in [-0.39, 0.29) is 17.5 Å². The summed E-state index contributed by atoms with van der Waals surface area (Å²) < 4.78 is 24.2. The van der Waals surface area contributed by atoms with Gasteiger partial charge in [0.2, 0.25) is 5.91 Å². The molecule has 0 heterocycles. The van der Waals surface area contributed by atoms with Crippen LogP contribution in [0, 0.1) is 5.82 Å². The molecule has 2 rings (SSSR count). The molecule has 2 N–H and O–H groups in total. The first-order valence-electron chi connectivity index (χ1n) is 9.27. The van der Waals surface area contributed by atoms with Crippen molar-refractivity contribution in [3.63, 3.8) is 0 Å². The fourth-order valence-electron chi connectivity index (χ4n) is 2.61. The van der Waals surface area contributed by atoms with Crippen LogP contribution in [0.2, 0.25) is 5.02 Å². The third-order valence-electron chi connectivity index (χ3n) is 4.04. The summed E-state index contributed by atoms with van der Waals surface area (Å²) in [6.07, 6.45) is 0. The van der Waals surface area contributed by atoms with Crippen LogP contribution in [0.3, 0.4) is 0 Å². The molecule has 0 aliphatic heterocycles. The molecule has 0 aliphatic carbocycles. The Hall–Kier alpha value is -2.80. The van der Waals surface area contributed by atoms with E-state index >= 15 is 0 Å². The Morgan fingerprint density at radius 2 is 1.76 bits per heavy atom. The van der Waals surface area contributed by atoms with Crippen molar-refractivity contribution in [3.05, 3.63) is 58.4 Å². The topological polar surface area (TPSA) is 76.7 Å². The van der Waals surface area contributed by atoms with Crippen LogP contribution < -0.4 is 20.1 Å². The number of ether oxygens (including phenoxy) is 2. The number of amides is 2. The van der Waals surface area contributed by atoms with E-state index in [4.69, 9.17) is 21.1 Å². The lowest BCUT2D eigenvalue weighted by Crippen LogP contribution is -2.38. The van der Waals surface area contributed by atoms with Crippen LogP contribution in [0.15, 0.2) is 36.4 Å². The summed E-state index contributed by atoms with van der Waals surface area (Å²) in [6, 6.07) is 8.67. The van der Waals surface area contributed by atoms with E-state index in [1.54, 1.807) is 31.2 Å². The number of hydrogen-bond donors (Lipinski definition) is 2. The number of carbonyl (C=O) groups excluding carboxylic acids is 2. The molecule has 2 aromatic rings. The first kappa shape index (κ1) is 22.5. The Morgan fingerprint density at radius 3 is 2.41 bits per heavy atom. The number of rotatable bonds is 9.